The predicted molar refractivity (Wildman–Crippen MR) is 58.2 cm³/mol. The fraction of sp³-hybridized carbons (Fsp3) is 0. The zero-order chi connectivity index (χ0) is 11.5. The summed E-state index contributed by atoms with van der Waals surface area (Å²) in [6.07, 6.45) is 0. The summed E-state index contributed by atoms with van der Waals surface area (Å²) in [6.45, 7) is 0. The Hall–Kier alpha value is -2.34. The number of nitriles is 1. The van der Waals surface area contributed by atoms with E-state index in [1.807, 2.05) is 6.07 Å². The molecule has 0 saturated heterocycles. The first kappa shape index (κ1) is 10.2. The van der Waals surface area contributed by atoms with E-state index in [2.05, 4.69) is 0 Å². The van der Waals surface area contributed by atoms with Crippen molar-refractivity contribution < 1.29 is 9.50 Å². The second-order valence-electron chi connectivity index (χ2n) is 3.35. The van der Waals surface area contributed by atoms with E-state index >= 15 is 0 Å². The van der Waals surface area contributed by atoms with Crippen LogP contribution in [-0.2, 0) is 0 Å². The summed E-state index contributed by atoms with van der Waals surface area (Å²) in [4.78, 5) is 0. The first-order valence-electron chi connectivity index (χ1n) is 4.70. The van der Waals surface area contributed by atoms with Crippen LogP contribution in [0.25, 0.3) is 11.1 Å². The Morgan fingerprint density at radius 2 is 1.75 bits per heavy atom. The van der Waals surface area contributed by atoms with Gasteiger partial charge in [0.05, 0.1) is 11.6 Å². The molecule has 0 unspecified atom stereocenters. The van der Waals surface area contributed by atoms with Gasteiger partial charge in [0.15, 0.2) is 0 Å². The van der Waals surface area contributed by atoms with Crippen molar-refractivity contribution in [1.82, 2.24) is 0 Å². The Morgan fingerprint density at radius 3 is 2.31 bits per heavy atom. The van der Waals surface area contributed by atoms with E-state index in [1.54, 1.807) is 24.3 Å². The fourth-order valence-corrected chi connectivity index (χ4v) is 1.46. The van der Waals surface area contributed by atoms with Crippen LogP contribution in [0.5, 0.6) is 5.75 Å². The van der Waals surface area contributed by atoms with E-state index in [-0.39, 0.29) is 5.75 Å². The van der Waals surface area contributed by atoms with E-state index in [1.165, 1.54) is 12.1 Å². The lowest BCUT2D eigenvalue weighted by molar-refractivity contribution is 0.469. The van der Waals surface area contributed by atoms with E-state index < -0.39 is 5.82 Å². The van der Waals surface area contributed by atoms with Gasteiger partial charge in [-0.15, -0.1) is 0 Å². The van der Waals surface area contributed by atoms with Gasteiger partial charge in [0.2, 0.25) is 0 Å². The highest BCUT2D eigenvalue weighted by atomic mass is 19.1. The number of hydrogen-bond acceptors (Lipinski definition) is 2. The minimum absolute atomic E-state index is 0.102. The molecule has 0 atom stereocenters. The molecule has 16 heavy (non-hydrogen) atoms. The molecule has 0 radical (unpaired) electrons. The van der Waals surface area contributed by atoms with E-state index in [0.717, 1.165) is 6.07 Å². The van der Waals surface area contributed by atoms with Gasteiger partial charge in [-0.05, 0) is 29.8 Å². The molecule has 0 aliphatic carbocycles. The summed E-state index contributed by atoms with van der Waals surface area (Å²) in [6, 6.07) is 12.6. The molecule has 2 rings (SSSR count). The van der Waals surface area contributed by atoms with Crippen molar-refractivity contribution >= 4 is 0 Å². The number of halogens is 1. The highest BCUT2D eigenvalue weighted by Crippen LogP contribution is 2.25. The zero-order valence-electron chi connectivity index (χ0n) is 8.31. The molecule has 2 nitrogen and oxygen atoms in total. The molecule has 0 heterocycles. The van der Waals surface area contributed by atoms with Gasteiger partial charge in [-0.3, -0.25) is 0 Å². The molecule has 78 valence electrons. The predicted octanol–water partition coefficient (Wildman–Crippen LogP) is 3.07. The number of nitrogens with zero attached hydrogens (tertiary/aromatic N) is 1. The summed E-state index contributed by atoms with van der Waals surface area (Å²) < 4.78 is 13.5. The molecule has 2 aromatic rings. The first-order chi connectivity index (χ1) is 7.70. The number of rotatable bonds is 1. The van der Waals surface area contributed by atoms with Crippen molar-refractivity contribution in [2.45, 2.75) is 0 Å². The number of hydrogen-bond donors (Lipinski definition) is 1. The Morgan fingerprint density at radius 1 is 1.06 bits per heavy atom. The second kappa shape index (κ2) is 4.03. The molecule has 0 amide bonds. The van der Waals surface area contributed by atoms with Crippen LogP contribution in [0, 0.1) is 17.1 Å². The third-order valence-corrected chi connectivity index (χ3v) is 2.28. The van der Waals surface area contributed by atoms with Gasteiger partial charge >= 0.3 is 0 Å². The van der Waals surface area contributed by atoms with Crippen LogP contribution in [-0.4, -0.2) is 5.11 Å². The largest absolute Gasteiger partial charge is 0.508 e. The van der Waals surface area contributed by atoms with Crippen LogP contribution in [0.2, 0.25) is 0 Å². The number of benzene rings is 2. The van der Waals surface area contributed by atoms with Crippen LogP contribution < -0.4 is 0 Å². The summed E-state index contributed by atoms with van der Waals surface area (Å²) in [7, 11) is 0. The van der Waals surface area contributed by atoms with Crippen LogP contribution in [0.15, 0.2) is 42.5 Å². The van der Waals surface area contributed by atoms with Gasteiger partial charge in [-0.2, -0.15) is 5.26 Å². The highest BCUT2D eigenvalue weighted by Gasteiger charge is 2.05. The normalized spacial score (nSPS) is 9.75. The Kier molecular flexibility index (Phi) is 2.57. The smallest absolute Gasteiger partial charge is 0.134 e. The van der Waals surface area contributed by atoms with Gasteiger partial charge in [0.25, 0.3) is 0 Å². The summed E-state index contributed by atoms with van der Waals surface area (Å²) in [5.74, 6) is -0.584. The van der Waals surface area contributed by atoms with E-state index in [4.69, 9.17) is 10.4 Å². The second-order valence-corrected chi connectivity index (χ2v) is 3.35. The van der Waals surface area contributed by atoms with Gasteiger partial charge < -0.3 is 5.11 Å². The lowest BCUT2D eigenvalue weighted by Crippen LogP contribution is -1.84. The van der Waals surface area contributed by atoms with Crippen molar-refractivity contribution in [3.63, 3.8) is 0 Å². The summed E-state index contributed by atoms with van der Waals surface area (Å²) in [5, 5.41) is 17.7. The molecule has 0 fully saturated rings. The van der Waals surface area contributed by atoms with Gasteiger partial charge in [0, 0.05) is 11.6 Å². The average molecular weight is 213 g/mol. The third kappa shape index (κ3) is 1.86. The lowest BCUT2D eigenvalue weighted by Gasteiger charge is -2.03. The molecule has 0 bridgehead atoms. The van der Waals surface area contributed by atoms with E-state index in [0.29, 0.717) is 16.7 Å². The number of phenols is 1. The minimum atomic E-state index is -0.482. The summed E-state index contributed by atoms with van der Waals surface area (Å²) >= 11 is 0. The molecule has 2 aromatic carbocycles. The van der Waals surface area contributed by atoms with Crippen molar-refractivity contribution in [2.75, 3.05) is 0 Å². The van der Waals surface area contributed by atoms with Gasteiger partial charge in [-0.1, -0.05) is 12.1 Å². The van der Waals surface area contributed by atoms with Crippen molar-refractivity contribution in [3.8, 4) is 22.9 Å². The molecule has 1 N–H and O–H groups in total. The number of phenolic OH excluding ortho intramolecular Hbond substituents is 1. The first-order valence-corrected chi connectivity index (χ1v) is 4.70. The lowest BCUT2D eigenvalue weighted by atomic mass is 10.0. The van der Waals surface area contributed by atoms with Crippen molar-refractivity contribution in [3.05, 3.63) is 53.8 Å². The van der Waals surface area contributed by atoms with Gasteiger partial charge in [-0.25, -0.2) is 4.39 Å². The highest BCUT2D eigenvalue weighted by molar-refractivity contribution is 5.65. The molecule has 0 spiro atoms. The maximum Gasteiger partial charge on any atom is 0.134 e. The molecular weight excluding hydrogens is 205 g/mol. The Balaban J connectivity index is 2.47. The van der Waals surface area contributed by atoms with Gasteiger partial charge in [0.1, 0.15) is 11.6 Å². The van der Waals surface area contributed by atoms with Crippen LogP contribution in [0.1, 0.15) is 5.56 Å². The topological polar surface area (TPSA) is 44.0 Å². The van der Waals surface area contributed by atoms with Crippen molar-refractivity contribution in [1.29, 1.82) is 5.26 Å². The molecular formula is C13H8FNO. The Labute approximate surface area is 92.2 Å². The fourth-order valence-electron chi connectivity index (χ4n) is 1.46. The summed E-state index contributed by atoms with van der Waals surface area (Å²) in [5.41, 5.74) is 1.61. The van der Waals surface area contributed by atoms with Crippen LogP contribution in [0.3, 0.4) is 0 Å². The SMILES string of the molecule is N#Cc1ccc(-c2ccc(O)cc2F)cc1. The quantitative estimate of drug-likeness (QED) is 0.791. The molecule has 0 aliphatic rings. The Bertz CT molecular complexity index is 555. The van der Waals surface area contributed by atoms with E-state index in [9.17, 15) is 4.39 Å². The zero-order valence-corrected chi connectivity index (χ0v) is 8.31. The van der Waals surface area contributed by atoms with Crippen LogP contribution >= 0.6 is 0 Å². The van der Waals surface area contributed by atoms with Crippen molar-refractivity contribution in [2.24, 2.45) is 0 Å². The third-order valence-electron chi connectivity index (χ3n) is 2.28. The average Bonchev–Trinajstić information content (AvgIpc) is 2.29. The maximum atomic E-state index is 13.5. The maximum absolute atomic E-state index is 13.5. The molecule has 0 saturated carbocycles. The standard InChI is InChI=1S/C13H8FNO/c14-13-7-11(16)5-6-12(13)10-3-1-9(8-15)2-4-10/h1-7,16H. The molecule has 0 aromatic heterocycles. The minimum Gasteiger partial charge on any atom is -0.508 e. The van der Waals surface area contributed by atoms with Crippen LogP contribution in [0.4, 0.5) is 4.39 Å². The molecule has 0 aliphatic heterocycles. The monoisotopic (exact) mass is 213 g/mol. The molecule has 3 heteroatoms. The number of aromatic hydroxyl groups is 1.